The van der Waals surface area contributed by atoms with Gasteiger partial charge in [0.15, 0.2) is 0 Å². The molecule has 20 heavy (non-hydrogen) atoms. The van der Waals surface area contributed by atoms with Gasteiger partial charge in [-0.1, -0.05) is 13.0 Å². The molecule has 2 atom stereocenters. The molecule has 0 fully saturated rings. The van der Waals surface area contributed by atoms with E-state index in [2.05, 4.69) is 37.2 Å². The molecule has 3 heteroatoms. The van der Waals surface area contributed by atoms with Crippen LogP contribution in [-0.2, 0) is 6.42 Å². The zero-order valence-corrected chi connectivity index (χ0v) is 13.0. The number of hydrogen-bond donors (Lipinski definition) is 2. The van der Waals surface area contributed by atoms with Gasteiger partial charge >= 0.3 is 0 Å². The summed E-state index contributed by atoms with van der Waals surface area (Å²) in [7, 11) is 2.19. The van der Waals surface area contributed by atoms with Crippen molar-refractivity contribution in [1.29, 1.82) is 0 Å². The molecular weight excluding hydrogens is 248 g/mol. The van der Waals surface area contributed by atoms with E-state index in [0.717, 1.165) is 19.5 Å². The monoisotopic (exact) mass is 276 g/mol. The number of nitrogens with zero attached hydrogens (tertiary/aromatic N) is 1. The summed E-state index contributed by atoms with van der Waals surface area (Å²) in [6, 6.07) is 6.85. The third kappa shape index (κ3) is 3.74. The van der Waals surface area contributed by atoms with Crippen LogP contribution in [0.15, 0.2) is 18.2 Å². The third-order valence-corrected chi connectivity index (χ3v) is 4.64. The number of fused-ring (bicyclic) bond motifs is 1. The Morgan fingerprint density at radius 1 is 1.45 bits per heavy atom. The SMILES string of the molecule is CCC(C)N(C)CCNC1CCCc2ccc(O)cc21. The summed E-state index contributed by atoms with van der Waals surface area (Å²) in [5.74, 6) is 0.383. The van der Waals surface area contributed by atoms with Gasteiger partial charge in [0.25, 0.3) is 0 Å². The summed E-state index contributed by atoms with van der Waals surface area (Å²) in [5, 5.41) is 13.4. The lowest BCUT2D eigenvalue weighted by Gasteiger charge is -2.29. The summed E-state index contributed by atoms with van der Waals surface area (Å²) in [5.41, 5.74) is 2.68. The minimum Gasteiger partial charge on any atom is -0.508 e. The predicted molar refractivity (Wildman–Crippen MR) is 84.2 cm³/mol. The number of likely N-dealkylation sites (N-methyl/N-ethyl adjacent to an activating group) is 1. The van der Waals surface area contributed by atoms with Crippen molar-refractivity contribution in [2.24, 2.45) is 0 Å². The van der Waals surface area contributed by atoms with Crippen LogP contribution in [0.1, 0.15) is 50.3 Å². The molecule has 1 aromatic carbocycles. The second kappa shape index (κ2) is 7.09. The molecule has 0 bridgehead atoms. The first-order valence-corrected chi connectivity index (χ1v) is 7.87. The van der Waals surface area contributed by atoms with Crippen LogP contribution >= 0.6 is 0 Å². The number of phenolic OH excluding ortho intramolecular Hbond substituents is 1. The molecule has 0 amide bonds. The van der Waals surface area contributed by atoms with E-state index in [1.54, 1.807) is 6.07 Å². The topological polar surface area (TPSA) is 35.5 Å². The van der Waals surface area contributed by atoms with Gasteiger partial charge < -0.3 is 15.3 Å². The molecule has 0 saturated heterocycles. The molecule has 0 aromatic heterocycles. The maximum absolute atomic E-state index is 9.69. The molecule has 0 spiro atoms. The highest BCUT2D eigenvalue weighted by molar-refractivity contribution is 5.38. The lowest BCUT2D eigenvalue weighted by molar-refractivity contribution is 0.246. The molecule has 3 nitrogen and oxygen atoms in total. The summed E-state index contributed by atoms with van der Waals surface area (Å²) in [4.78, 5) is 2.40. The van der Waals surface area contributed by atoms with Crippen LogP contribution in [0.3, 0.4) is 0 Å². The highest BCUT2D eigenvalue weighted by Gasteiger charge is 2.20. The summed E-state index contributed by atoms with van der Waals surface area (Å²) >= 11 is 0. The fraction of sp³-hybridized carbons (Fsp3) is 0.647. The van der Waals surface area contributed by atoms with Crippen molar-refractivity contribution in [3.63, 3.8) is 0 Å². The molecule has 1 aliphatic rings. The minimum atomic E-state index is 0.383. The van der Waals surface area contributed by atoms with Crippen molar-refractivity contribution in [2.75, 3.05) is 20.1 Å². The van der Waals surface area contributed by atoms with Gasteiger partial charge in [0.2, 0.25) is 0 Å². The maximum Gasteiger partial charge on any atom is 0.115 e. The predicted octanol–water partition coefficient (Wildman–Crippen LogP) is 3.09. The second-order valence-corrected chi connectivity index (χ2v) is 6.02. The molecule has 2 unspecified atom stereocenters. The zero-order chi connectivity index (χ0) is 14.5. The van der Waals surface area contributed by atoms with E-state index >= 15 is 0 Å². The molecule has 2 rings (SSSR count). The standard InChI is InChI=1S/C17H28N2O/c1-4-13(2)19(3)11-10-18-17-7-5-6-14-8-9-15(20)12-16(14)17/h8-9,12-13,17-18,20H,4-7,10-11H2,1-3H3. The first-order valence-electron chi connectivity index (χ1n) is 7.87. The molecule has 0 radical (unpaired) electrons. The summed E-state index contributed by atoms with van der Waals surface area (Å²) in [6.45, 7) is 6.57. The van der Waals surface area contributed by atoms with Crippen LogP contribution in [-0.4, -0.2) is 36.2 Å². The van der Waals surface area contributed by atoms with Crippen molar-refractivity contribution in [1.82, 2.24) is 10.2 Å². The van der Waals surface area contributed by atoms with Crippen molar-refractivity contribution in [3.8, 4) is 5.75 Å². The van der Waals surface area contributed by atoms with Crippen LogP contribution in [0.4, 0.5) is 0 Å². The highest BCUT2D eigenvalue weighted by Crippen LogP contribution is 2.31. The molecule has 1 aromatic rings. The van der Waals surface area contributed by atoms with Gasteiger partial charge in [0.1, 0.15) is 5.75 Å². The Balaban J connectivity index is 1.90. The quantitative estimate of drug-likeness (QED) is 0.838. The number of nitrogens with one attached hydrogen (secondary N) is 1. The number of phenols is 1. The largest absolute Gasteiger partial charge is 0.508 e. The van der Waals surface area contributed by atoms with E-state index in [-0.39, 0.29) is 0 Å². The van der Waals surface area contributed by atoms with Crippen LogP contribution in [0.5, 0.6) is 5.75 Å². The first kappa shape index (κ1) is 15.3. The summed E-state index contributed by atoms with van der Waals surface area (Å²) < 4.78 is 0. The number of hydrogen-bond acceptors (Lipinski definition) is 3. The van der Waals surface area contributed by atoms with Gasteiger partial charge in [0.05, 0.1) is 0 Å². The summed E-state index contributed by atoms with van der Waals surface area (Å²) in [6.07, 6.45) is 4.73. The zero-order valence-electron chi connectivity index (χ0n) is 13.0. The number of aryl methyl sites for hydroxylation is 1. The Hall–Kier alpha value is -1.06. The Morgan fingerprint density at radius 2 is 2.25 bits per heavy atom. The normalized spacial score (nSPS) is 19.9. The van der Waals surface area contributed by atoms with Gasteiger partial charge in [-0.3, -0.25) is 0 Å². The fourth-order valence-corrected chi connectivity index (χ4v) is 2.95. The minimum absolute atomic E-state index is 0.383. The average Bonchev–Trinajstić information content (AvgIpc) is 2.46. The Labute approximate surface area is 123 Å². The van der Waals surface area contributed by atoms with E-state index in [4.69, 9.17) is 0 Å². The second-order valence-electron chi connectivity index (χ2n) is 6.02. The lowest BCUT2D eigenvalue weighted by atomic mass is 9.87. The van der Waals surface area contributed by atoms with Gasteiger partial charge in [0, 0.05) is 25.2 Å². The molecule has 2 N–H and O–H groups in total. The molecule has 0 aliphatic heterocycles. The van der Waals surface area contributed by atoms with Crippen molar-refractivity contribution in [2.45, 2.75) is 51.6 Å². The molecule has 112 valence electrons. The van der Waals surface area contributed by atoms with E-state index in [1.165, 1.54) is 30.4 Å². The Morgan fingerprint density at radius 3 is 3.00 bits per heavy atom. The molecule has 0 saturated carbocycles. The van der Waals surface area contributed by atoms with Gasteiger partial charge in [-0.2, -0.15) is 0 Å². The van der Waals surface area contributed by atoms with Crippen LogP contribution in [0.2, 0.25) is 0 Å². The van der Waals surface area contributed by atoms with Crippen LogP contribution < -0.4 is 5.32 Å². The molecule has 0 heterocycles. The van der Waals surface area contributed by atoms with E-state index in [0.29, 0.717) is 17.8 Å². The lowest BCUT2D eigenvalue weighted by Crippen LogP contribution is -2.36. The molecular formula is C17H28N2O. The van der Waals surface area contributed by atoms with Crippen molar-refractivity contribution in [3.05, 3.63) is 29.3 Å². The Bertz CT molecular complexity index is 433. The van der Waals surface area contributed by atoms with Gasteiger partial charge in [-0.25, -0.2) is 0 Å². The highest BCUT2D eigenvalue weighted by atomic mass is 16.3. The first-order chi connectivity index (χ1) is 9.61. The van der Waals surface area contributed by atoms with E-state index in [1.807, 2.05) is 6.07 Å². The fourth-order valence-electron chi connectivity index (χ4n) is 2.95. The average molecular weight is 276 g/mol. The van der Waals surface area contributed by atoms with E-state index in [9.17, 15) is 5.11 Å². The Kier molecular flexibility index (Phi) is 5.44. The number of aromatic hydroxyl groups is 1. The smallest absolute Gasteiger partial charge is 0.115 e. The maximum atomic E-state index is 9.69. The third-order valence-electron chi connectivity index (χ3n) is 4.64. The number of benzene rings is 1. The van der Waals surface area contributed by atoms with Gasteiger partial charge in [-0.15, -0.1) is 0 Å². The van der Waals surface area contributed by atoms with Crippen LogP contribution in [0.25, 0.3) is 0 Å². The molecule has 1 aliphatic carbocycles. The van der Waals surface area contributed by atoms with Gasteiger partial charge in [-0.05, 0) is 62.9 Å². The van der Waals surface area contributed by atoms with E-state index < -0.39 is 0 Å². The number of rotatable bonds is 6. The van der Waals surface area contributed by atoms with Crippen molar-refractivity contribution < 1.29 is 5.11 Å². The van der Waals surface area contributed by atoms with Crippen LogP contribution in [0, 0.1) is 0 Å². The van der Waals surface area contributed by atoms with Crippen molar-refractivity contribution >= 4 is 0 Å².